The van der Waals surface area contributed by atoms with Gasteiger partial charge in [-0.15, -0.1) is 23.1 Å². The van der Waals surface area contributed by atoms with Crippen LogP contribution in [0.5, 0.6) is 0 Å². The first kappa shape index (κ1) is 14.6. The molecule has 0 saturated carbocycles. The lowest BCUT2D eigenvalue weighted by atomic mass is 10.2. The predicted molar refractivity (Wildman–Crippen MR) is 92.2 cm³/mol. The number of hydrogen-bond donors (Lipinski definition) is 1. The molecule has 1 aromatic carbocycles. The summed E-state index contributed by atoms with van der Waals surface area (Å²) < 4.78 is 0. The van der Waals surface area contributed by atoms with Crippen molar-refractivity contribution < 1.29 is 0 Å². The zero-order chi connectivity index (χ0) is 14.8. The summed E-state index contributed by atoms with van der Waals surface area (Å²) in [5.74, 6) is 1.09. The van der Waals surface area contributed by atoms with Gasteiger partial charge in [0.1, 0.15) is 9.86 Å². The smallest absolute Gasteiger partial charge is 0.222 e. The summed E-state index contributed by atoms with van der Waals surface area (Å²) in [5.41, 5.74) is 6.92. The molecule has 0 aliphatic carbocycles. The van der Waals surface area contributed by atoms with Crippen molar-refractivity contribution in [3.63, 3.8) is 0 Å². The summed E-state index contributed by atoms with van der Waals surface area (Å²) in [6.07, 6.45) is 0.996. The Bertz CT molecular complexity index is 786. The fourth-order valence-electron chi connectivity index (χ4n) is 2.01. The van der Waals surface area contributed by atoms with Crippen molar-refractivity contribution in [1.82, 2.24) is 9.97 Å². The van der Waals surface area contributed by atoms with E-state index in [-0.39, 0.29) is 0 Å². The van der Waals surface area contributed by atoms with Gasteiger partial charge in [-0.05, 0) is 24.1 Å². The van der Waals surface area contributed by atoms with E-state index in [0.29, 0.717) is 5.95 Å². The van der Waals surface area contributed by atoms with Gasteiger partial charge in [-0.25, -0.2) is 9.97 Å². The molecule has 0 aliphatic rings. The van der Waals surface area contributed by atoms with Crippen LogP contribution in [0.4, 0.5) is 5.95 Å². The van der Waals surface area contributed by atoms with Gasteiger partial charge in [0.25, 0.3) is 0 Å². The Balaban J connectivity index is 1.93. The Morgan fingerprint density at radius 2 is 2.10 bits per heavy atom. The Labute approximate surface area is 136 Å². The molecule has 3 aromatic rings. The maximum Gasteiger partial charge on any atom is 0.222 e. The summed E-state index contributed by atoms with van der Waals surface area (Å²) in [7, 11) is 0. The average Bonchev–Trinajstić information content (AvgIpc) is 2.89. The van der Waals surface area contributed by atoms with Crippen LogP contribution in [0.15, 0.2) is 35.4 Å². The van der Waals surface area contributed by atoms with Crippen molar-refractivity contribution in [2.45, 2.75) is 24.1 Å². The fourth-order valence-corrected chi connectivity index (χ4v) is 4.34. The average molecular weight is 336 g/mol. The van der Waals surface area contributed by atoms with Crippen LogP contribution < -0.4 is 5.73 Å². The van der Waals surface area contributed by atoms with E-state index < -0.39 is 0 Å². The molecule has 0 aliphatic heterocycles. The lowest BCUT2D eigenvalue weighted by molar-refractivity contribution is 1.12. The SMILES string of the molecule is CCc1cc2c(SCc3ccccc3Cl)nc(N)nc2s1. The Kier molecular flexibility index (Phi) is 4.33. The van der Waals surface area contributed by atoms with Crippen molar-refractivity contribution in [3.8, 4) is 0 Å². The van der Waals surface area contributed by atoms with Gasteiger partial charge in [0.2, 0.25) is 5.95 Å². The van der Waals surface area contributed by atoms with Crippen molar-refractivity contribution in [2.24, 2.45) is 0 Å². The number of nitrogens with two attached hydrogens (primary N) is 1. The van der Waals surface area contributed by atoms with Crippen molar-refractivity contribution >= 4 is 50.9 Å². The van der Waals surface area contributed by atoms with Gasteiger partial charge in [0.15, 0.2) is 0 Å². The maximum absolute atomic E-state index is 6.20. The molecule has 108 valence electrons. The van der Waals surface area contributed by atoms with Crippen molar-refractivity contribution in [1.29, 1.82) is 0 Å². The number of nitrogen functional groups attached to an aromatic ring is 1. The quantitative estimate of drug-likeness (QED) is 0.550. The van der Waals surface area contributed by atoms with Crippen LogP contribution in [0.1, 0.15) is 17.4 Å². The summed E-state index contributed by atoms with van der Waals surface area (Å²) in [5, 5.41) is 2.79. The number of thioether (sulfide) groups is 1. The second kappa shape index (κ2) is 6.22. The minimum atomic E-state index is 0.327. The van der Waals surface area contributed by atoms with Crippen molar-refractivity contribution in [2.75, 3.05) is 5.73 Å². The van der Waals surface area contributed by atoms with E-state index in [2.05, 4.69) is 23.0 Å². The standard InChI is InChI=1S/C15H14ClN3S2/c1-2-10-7-11-13(18-15(17)19-14(11)21-10)20-8-9-5-3-4-6-12(9)16/h3-7H,2,8H2,1H3,(H2,17,18,19). The molecular formula is C15H14ClN3S2. The number of halogens is 1. The van der Waals surface area contributed by atoms with E-state index in [4.69, 9.17) is 17.3 Å². The molecule has 0 fully saturated rings. The van der Waals surface area contributed by atoms with Crippen LogP contribution in [0, 0.1) is 0 Å². The van der Waals surface area contributed by atoms with Crippen LogP contribution in [0.25, 0.3) is 10.2 Å². The third kappa shape index (κ3) is 3.15. The first-order valence-corrected chi connectivity index (χ1v) is 8.77. The molecule has 0 bridgehead atoms. The minimum absolute atomic E-state index is 0.327. The van der Waals surface area contributed by atoms with E-state index in [1.807, 2.05) is 24.3 Å². The number of benzene rings is 1. The Hall–Kier alpha value is -1.30. The fraction of sp³-hybridized carbons (Fsp3) is 0.200. The van der Waals surface area contributed by atoms with E-state index in [1.54, 1.807) is 23.1 Å². The highest BCUT2D eigenvalue weighted by molar-refractivity contribution is 7.98. The highest BCUT2D eigenvalue weighted by Crippen LogP contribution is 2.34. The number of anilines is 1. The first-order chi connectivity index (χ1) is 10.2. The normalized spacial score (nSPS) is 11.1. The Morgan fingerprint density at radius 3 is 2.86 bits per heavy atom. The van der Waals surface area contributed by atoms with Gasteiger partial charge in [-0.1, -0.05) is 36.7 Å². The van der Waals surface area contributed by atoms with Crippen LogP contribution >= 0.6 is 34.7 Å². The molecular weight excluding hydrogens is 322 g/mol. The Morgan fingerprint density at radius 1 is 1.29 bits per heavy atom. The number of aromatic nitrogens is 2. The lowest BCUT2D eigenvalue weighted by Gasteiger charge is -2.05. The zero-order valence-corrected chi connectivity index (χ0v) is 13.9. The van der Waals surface area contributed by atoms with Gasteiger partial charge < -0.3 is 5.73 Å². The van der Waals surface area contributed by atoms with Crippen LogP contribution in [-0.2, 0) is 12.2 Å². The molecule has 2 aromatic heterocycles. The summed E-state index contributed by atoms with van der Waals surface area (Å²) in [6.45, 7) is 2.14. The zero-order valence-electron chi connectivity index (χ0n) is 11.5. The highest BCUT2D eigenvalue weighted by Gasteiger charge is 2.11. The van der Waals surface area contributed by atoms with Crippen LogP contribution in [-0.4, -0.2) is 9.97 Å². The van der Waals surface area contributed by atoms with Crippen LogP contribution in [0.3, 0.4) is 0 Å². The monoisotopic (exact) mass is 335 g/mol. The number of fused-ring (bicyclic) bond motifs is 1. The molecule has 0 saturated heterocycles. The van der Waals surface area contributed by atoms with Gasteiger partial charge in [-0.2, -0.15) is 0 Å². The number of hydrogen-bond acceptors (Lipinski definition) is 5. The maximum atomic E-state index is 6.20. The third-order valence-corrected chi connectivity index (χ3v) is 5.68. The molecule has 3 rings (SSSR count). The van der Waals surface area contributed by atoms with E-state index in [1.165, 1.54) is 4.88 Å². The van der Waals surface area contributed by atoms with Gasteiger partial charge in [0, 0.05) is 21.0 Å². The van der Waals surface area contributed by atoms with Gasteiger partial charge >= 0.3 is 0 Å². The van der Waals surface area contributed by atoms with E-state index in [9.17, 15) is 0 Å². The topological polar surface area (TPSA) is 51.8 Å². The molecule has 0 unspecified atom stereocenters. The molecule has 0 spiro atoms. The molecule has 0 atom stereocenters. The lowest BCUT2D eigenvalue weighted by Crippen LogP contribution is -1.95. The molecule has 21 heavy (non-hydrogen) atoms. The summed E-state index contributed by atoms with van der Waals surface area (Å²) in [6, 6.07) is 10.0. The third-order valence-electron chi connectivity index (χ3n) is 3.10. The highest BCUT2D eigenvalue weighted by atomic mass is 35.5. The van der Waals surface area contributed by atoms with E-state index in [0.717, 1.165) is 38.0 Å². The number of rotatable bonds is 4. The molecule has 0 radical (unpaired) electrons. The number of thiophene rings is 1. The molecule has 3 nitrogen and oxygen atoms in total. The predicted octanol–water partition coefficient (Wildman–Crippen LogP) is 4.78. The van der Waals surface area contributed by atoms with Gasteiger partial charge in [-0.3, -0.25) is 0 Å². The van der Waals surface area contributed by atoms with Crippen LogP contribution in [0.2, 0.25) is 5.02 Å². The number of nitrogens with zero attached hydrogens (tertiary/aromatic N) is 2. The molecule has 6 heteroatoms. The number of aryl methyl sites for hydroxylation is 1. The van der Waals surface area contributed by atoms with Gasteiger partial charge in [0.05, 0.1) is 0 Å². The largest absolute Gasteiger partial charge is 0.368 e. The molecule has 2 heterocycles. The molecule has 2 N–H and O–H groups in total. The van der Waals surface area contributed by atoms with E-state index >= 15 is 0 Å². The summed E-state index contributed by atoms with van der Waals surface area (Å²) >= 11 is 9.52. The molecule has 0 amide bonds. The summed E-state index contributed by atoms with van der Waals surface area (Å²) in [4.78, 5) is 11.0. The second-order valence-electron chi connectivity index (χ2n) is 4.55. The first-order valence-electron chi connectivity index (χ1n) is 6.59. The second-order valence-corrected chi connectivity index (χ2v) is 7.04. The minimum Gasteiger partial charge on any atom is -0.368 e. The van der Waals surface area contributed by atoms with Crippen molar-refractivity contribution in [3.05, 3.63) is 45.8 Å².